The van der Waals surface area contributed by atoms with Crippen LogP contribution in [-0.2, 0) is 19.5 Å². The number of halogens is 1. The van der Waals surface area contributed by atoms with Crippen molar-refractivity contribution in [3.8, 4) is 0 Å². The van der Waals surface area contributed by atoms with Gasteiger partial charge in [0.2, 0.25) is 0 Å². The summed E-state index contributed by atoms with van der Waals surface area (Å²) in [6, 6.07) is 0. The third-order valence-electron chi connectivity index (χ3n) is 0. The van der Waals surface area contributed by atoms with Crippen LogP contribution in [0.2, 0.25) is 0 Å². The van der Waals surface area contributed by atoms with Gasteiger partial charge in [-0.15, -0.1) is 0 Å². The summed E-state index contributed by atoms with van der Waals surface area (Å²) in [4.78, 5) is 0. The molecular formula is HClO4Rh. The molecule has 6 heteroatoms. The van der Waals surface area contributed by atoms with Gasteiger partial charge >= 0.3 is 0 Å². The molecule has 0 unspecified atom stereocenters. The van der Waals surface area contributed by atoms with Gasteiger partial charge in [0.15, 0.2) is 0 Å². The van der Waals surface area contributed by atoms with E-state index in [0.717, 1.165) is 0 Å². The molecule has 0 rings (SSSR count). The van der Waals surface area contributed by atoms with E-state index in [0.29, 0.717) is 0 Å². The van der Waals surface area contributed by atoms with Crippen LogP contribution in [0.25, 0.3) is 0 Å². The van der Waals surface area contributed by atoms with E-state index in [-0.39, 0.29) is 19.5 Å². The second-order valence-electron chi connectivity index (χ2n) is 0.396. The summed E-state index contributed by atoms with van der Waals surface area (Å²) in [7, 11) is -4.69. The summed E-state index contributed by atoms with van der Waals surface area (Å²) < 4.78 is 32.7. The van der Waals surface area contributed by atoms with Gasteiger partial charge in [-0.2, -0.15) is 14.0 Å². The predicted molar refractivity (Wildman–Crippen MR) is 2.22 cm³/mol. The van der Waals surface area contributed by atoms with Gasteiger partial charge in [-0.1, -0.05) is 0 Å². The van der Waals surface area contributed by atoms with Crippen molar-refractivity contribution in [2.45, 2.75) is 0 Å². The van der Waals surface area contributed by atoms with Crippen molar-refractivity contribution in [2.75, 3.05) is 0 Å². The van der Waals surface area contributed by atoms with Crippen molar-refractivity contribution in [3.63, 3.8) is 0 Å². The summed E-state index contributed by atoms with van der Waals surface area (Å²) in [6.45, 7) is 0. The first-order chi connectivity index (χ1) is 2.00. The van der Waals surface area contributed by atoms with E-state index in [9.17, 15) is 0 Å². The first-order valence-electron chi connectivity index (χ1n) is 0.632. The van der Waals surface area contributed by atoms with Crippen molar-refractivity contribution >= 4 is 0 Å². The van der Waals surface area contributed by atoms with E-state index < -0.39 is 10.2 Å². The molecule has 4 nitrogen and oxygen atoms in total. The molecule has 1 radical (unpaired) electrons. The van der Waals surface area contributed by atoms with E-state index in [1.807, 2.05) is 0 Å². The normalized spacial score (nSPS) is 10.0. The number of rotatable bonds is 0. The Morgan fingerprint density at radius 1 is 1.17 bits per heavy atom. The largest absolute Gasteiger partial charge is 0.183 e. The van der Waals surface area contributed by atoms with Crippen molar-refractivity contribution in [1.82, 2.24) is 0 Å². The fraction of sp³-hybridized carbons (Fsp3) is 0. The summed E-state index contributed by atoms with van der Waals surface area (Å²) >= 11 is 0. The summed E-state index contributed by atoms with van der Waals surface area (Å²) in [5.41, 5.74) is 0. The van der Waals surface area contributed by atoms with Crippen LogP contribution in [-0.4, -0.2) is 4.66 Å². The van der Waals surface area contributed by atoms with Gasteiger partial charge in [0.05, 0.1) is 14.9 Å². The first kappa shape index (κ1) is 9.89. The van der Waals surface area contributed by atoms with Crippen molar-refractivity contribution in [3.05, 3.63) is 0 Å². The predicted octanol–water partition coefficient (Wildman–Crippen LogP) is -4.13. The minimum absolute atomic E-state index is 0. The van der Waals surface area contributed by atoms with E-state index in [1.165, 1.54) is 0 Å². The Balaban J connectivity index is 0. The number of hydrogen-bond acceptors (Lipinski definition) is 4. The molecule has 41 valence electrons. The fourth-order valence-electron chi connectivity index (χ4n) is 0. The Labute approximate surface area is 48.9 Å². The maximum Gasteiger partial charge on any atom is 0.0777 e. The third kappa shape index (κ3) is 118. The van der Waals surface area contributed by atoms with E-state index in [1.54, 1.807) is 0 Å². The second-order valence-corrected chi connectivity index (χ2v) is 1.19. The van der Waals surface area contributed by atoms with Crippen LogP contribution in [0.1, 0.15) is 0 Å². The Kier molecular flexibility index (Phi) is 4.70. The SMILES string of the molecule is [O-][Cl+3]([O-])([O-])O.[Rh]. The average molecular weight is 203 g/mol. The quantitative estimate of drug-likeness (QED) is 0.405. The van der Waals surface area contributed by atoms with Crippen molar-refractivity contribution in [1.29, 1.82) is 0 Å². The average Bonchev–Trinajstić information content (AvgIpc) is 0.722. The maximum absolute atomic E-state index is 8.60. The zero-order valence-corrected chi connectivity index (χ0v) is 4.78. The van der Waals surface area contributed by atoms with Crippen molar-refractivity contribution in [2.24, 2.45) is 0 Å². The molecule has 0 saturated carbocycles. The van der Waals surface area contributed by atoms with E-state index in [2.05, 4.69) is 0 Å². The van der Waals surface area contributed by atoms with Crippen molar-refractivity contribution < 1.29 is 48.4 Å². The molecule has 0 aromatic heterocycles. The first-order valence-corrected chi connectivity index (χ1v) is 1.90. The smallest absolute Gasteiger partial charge is 0.0777 e. The van der Waals surface area contributed by atoms with Crippen LogP contribution >= 0.6 is 0 Å². The molecular weight excluding hydrogens is 202 g/mol. The van der Waals surface area contributed by atoms with E-state index >= 15 is 0 Å². The van der Waals surface area contributed by atoms with Gasteiger partial charge in [-0.05, 0) is 0 Å². The molecule has 0 amide bonds. The van der Waals surface area contributed by atoms with Gasteiger partial charge in [-0.3, -0.25) is 0 Å². The minimum Gasteiger partial charge on any atom is -0.183 e. The summed E-state index contributed by atoms with van der Waals surface area (Å²) in [5.74, 6) is 0. The molecule has 0 heterocycles. The molecule has 0 aromatic carbocycles. The molecule has 0 aliphatic heterocycles. The monoisotopic (exact) mass is 203 g/mol. The zero-order chi connectivity index (χ0) is 4.50. The molecule has 0 aliphatic rings. The fourth-order valence-corrected chi connectivity index (χ4v) is 0. The van der Waals surface area contributed by atoms with Gasteiger partial charge < -0.3 is 0 Å². The number of hydrogen-bond donors (Lipinski definition) is 1. The minimum atomic E-state index is -4.69. The summed E-state index contributed by atoms with van der Waals surface area (Å²) in [5, 5.41) is 0. The van der Waals surface area contributed by atoms with Gasteiger partial charge in [0.25, 0.3) is 0 Å². The molecule has 0 aliphatic carbocycles. The molecule has 0 saturated heterocycles. The maximum atomic E-state index is 8.60. The molecule has 6 heavy (non-hydrogen) atoms. The Morgan fingerprint density at radius 2 is 1.17 bits per heavy atom. The molecule has 1 N–H and O–H groups in total. The Morgan fingerprint density at radius 3 is 1.17 bits per heavy atom. The third-order valence-corrected chi connectivity index (χ3v) is 0. The molecule has 0 fully saturated rings. The second kappa shape index (κ2) is 2.85. The van der Waals surface area contributed by atoms with Crippen LogP contribution in [0.4, 0.5) is 0 Å². The molecule has 0 spiro atoms. The van der Waals surface area contributed by atoms with Crippen LogP contribution < -0.4 is 14.0 Å². The van der Waals surface area contributed by atoms with Crippen LogP contribution in [0.15, 0.2) is 0 Å². The van der Waals surface area contributed by atoms with Crippen LogP contribution in [0.5, 0.6) is 0 Å². The van der Waals surface area contributed by atoms with Gasteiger partial charge in [0.1, 0.15) is 0 Å². The topological polar surface area (TPSA) is 89.4 Å². The summed E-state index contributed by atoms with van der Waals surface area (Å²) in [6.07, 6.45) is 0. The van der Waals surface area contributed by atoms with E-state index in [4.69, 9.17) is 18.6 Å². The van der Waals surface area contributed by atoms with Crippen LogP contribution in [0, 0.1) is 10.2 Å². The Bertz CT molecular complexity index is 23.0. The molecule has 0 bridgehead atoms. The Hall–Kier alpha value is 0.753. The zero-order valence-electron chi connectivity index (χ0n) is 2.38. The van der Waals surface area contributed by atoms with Gasteiger partial charge in [0, 0.05) is 19.5 Å². The van der Waals surface area contributed by atoms with Crippen LogP contribution in [0.3, 0.4) is 0 Å². The molecule has 0 aromatic rings. The standard InChI is InChI=1S/ClHO4.Rh/c2-1(3,4)5;/h(H,2,3,4,5);. The molecule has 0 atom stereocenters. The van der Waals surface area contributed by atoms with Gasteiger partial charge in [-0.25, -0.2) is 0 Å².